The second kappa shape index (κ2) is 9.76. The Morgan fingerprint density at radius 3 is 2.52 bits per heavy atom. The number of pyridine rings is 1. The Morgan fingerprint density at radius 2 is 1.86 bits per heavy atom. The average Bonchev–Trinajstić information content (AvgIpc) is 2.73. The predicted octanol–water partition coefficient (Wildman–Crippen LogP) is 4.40. The van der Waals surface area contributed by atoms with Gasteiger partial charge in [0.1, 0.15) is 0 Å². The quantitative estimate of drug-likeness (QED) is 0.656. The molecule has 0 bridgehead atoms. The van der Waals surface area contributed by atoms with Crippen LogP contribution in [-0.4, -0.2) is 55.7 Å². The van der Waals surface area contributed by atoms with Crippen molar-refractivity contribution in [2.24, 2.45) is 5.92 Å². The van der Waals surface area contributed by atoms with Gasteiger partial charge in [-0.05, 0) is 56.6 Å². The van der Waals surface area contributed by atoms with E-state index < -0.39 is 11.7 Å². The summed E-state index contributed by atoms with van der Waals surface area (Å²) < 4.78 is 38.9. The highest BCUT2D eigenvalue weighted by atomic mass is 19.4. The van der Waals surface area contributed by atoms with Crippen LogP contribution in [0.1, 0.15) is 32.3 Å². The third-order valence-corrected chi connectivity index (χ3v) is 5.93. The third-order valence-electron chi connectivity index (χ3n) is 5.93. The summed E-state index contributed by atoms with van der Waals surface area (Å²) in [5.41, 5.74) is 0.735. The molecule has 0 amide bonds. The number of anilines is 1. The van der Waals surface area contributed by atoms with Crippen molar-refractivity contribution in [1.29, 1.82) is 0 Å². The van der Waals surface area contributed by atoms with Gasteiger partial charge in [-0.3, -0.25) is 4.98 Å². The van der Waals surface area contributed by atoms with E-state index in [-0.39, 0.29) is 0 Å². The average molecular weight is 409 g/mol. The van der Waals surface area contributed by atoms with Crippen molar-refractivity contribution in [3.8, 4) is 0 Å². The summed E-state index contributed by atoms with van der Waals surface area (Å²) in [6, 6.07) is 5.77. The zero-order chi connectivity index (χ0) is 20.9. The number of piperidine rings is 1. The Hall–Kier alpha value is -1.86. The summed E-state index contributed by atoms with van der Waals surface area (Å²) in [7, 11) is 0. The molecule has 2 aromatic rings. The normalized spacial score (nSPS) is 16.1. The van der Waals surface area contributed by atoms with Gasteiger partial charge in [-0.1, -0.05) is 19.9 Å². The maximum absolute atomic E-state index is 13.0. The number of nitrogens with zero attached hydrogens (tertiary/aromatic N) is 3. The molecule has 7 heteroatoms. The van der Waals surface area contributed by atoms with Crippen LogP contribution in [0.15, 0.2) is 30.5 Å². The molecular formula is C22H31F3N4. The van der Waals surface area contributed by atoms with E-state index in [0.717, 1.165) is 81.9 Å². The molecule has 160 valence electrons. The second-order valence-electron chi connectivity index (χ2n) is 7.72. The van der Waals surface area contributed by atoms with Crippen LogP contribution in [0.2, 0.25) is 0 Å². The Bertz CT molecular complexity index is 781. The van der Waals surface area contributed by atoms with Gasteiger partial charge >= 0.3 is 6.18 Å². The first-order valence-corrected chi connectivity index (χ1v) is 10.6. The molecule has 4 nitrogen and oxygen atoms in total. The predicted molar refractivity (Wildman–Crippen MR) is 112 cm³/mol. The van der Waals surface area contributed by atoms with E-state index in [9.17, 15) is 13.2 Å². The molecule has 0 saturated carbocycles. The van der Waals surface area contributed by atoms with Crippen LogP contribution in [0.5, 0.6) is 0 Å². The minimum Gasteiger partial charge on any atom is -0.371 e. The zero-order valence-corrected chi connectivity index (χ0v) is 17.3. The van der Waals surface area contributed by atoms with E-state index in [1.807, 2.05) is 6.07 Å². The molecule has 1 aliphatic heterocycles. The maximum atomic E-state index is 13.0. The van der Waals surface area contributed by atoms with Gasteiger partial charge in [0.2, 0.25) is 0 Å². The molecule has 1 aromatic heterocycles. The van der Waals surface area contributed by atoms with Crippen LogP contribution in [0.4, 0.5) is 18.9 Å². The van der Waals surface area contributed by atoms with Crippen LogP contribution in [-0.2, 0) is 6.18 Å². The lowest BCUT2D eigenvalue weighted by atomic mass is 9.96. The molecule has 1 N–H and O–H groups in total. The largest absolute Gasteiger partial charge is 0.416 e. The summed E-state index contributed by atoms with van der Waals surface area (Å²) >= 11 is 0. The van der Waals surface area contributed by atoms with E-state index >= 15 is 0 Å². The van der Waals surface area contributed by atoms with Crippen molar-refractivity contribution in [1.82, 2.24) is 15.2 Å². The number of aromatic nitrogens is 1. The van der Waals surface area contributed by atoms with Crippen molar-refractivity contribution < 1.29 is 13.2 Å². The molecule has 0 atom stereocenters. The standard InChI is InChI=1S/C22H31F3N4/c1-3-28(4-2)14-11-26-16-17-8-12-29(13-9-17)21-7-10-27-20-15-18(22(23,24)25)5-6-19(20)21/h5-7,10,15,17,26H,3-4,8-9,11-14,16H2,1-2H3. The first-order chi connectivity index (χ1) is 13.9. The Balaban J connectivity index is 1.56. The van der Waals surface area contributed by atoms with E-state index in [2.05, 4.69) is 33.9 Å². The van der Waals surface area contributed by atoms with Crippen molar-refractivity contribution in [2.45, 2.75) is 32.9 Å². The van der Waals surface area contributed by atoms with Gasteiger partial charge in [0.05, 0.1) is 11.1 Å². The first kappa shape index (κ1) is 21.8. The summed E-state index contributed by atoms with van der Waals surface area (Å²) in [4.78, 5) is 8.86. The summed E-state index contributed by atoms with van der Waals surface area (Å²) in [5.74, 6) is 0.646. The topological polar surface area (TPSA) is 31.4 Å². The number of fused-ring (bicyclic) bond motifs is 1. The van der Waals surface area contributed by atoms with Crippen LogP contribution in [0.25, 0.3) is 10.9 Å². The molecule has 0 aliphatic carbocycles. The highest BCUT2D eigenvalue weighted by Crippen LogP contribution is 2.34. The highest BCUT2D eigenvalue weighted by Gasteiger charge is 2.31. The van der Waals surface area contributed by atoms with Crippen LogP contribution >= 0.6 is 0 Å². The molecule has 1 fully saturated rings. The lowest BCUT2D eigenvalue weighted by Gasteiger charge is -2.34. The van der Waals surface area contributed by atoms with Gasteiger partial charge in [-0.25, -0.2) is 0 Å². The number of alkyl halides is 3. The fourth-order valence-corrected chi connectivity index (χ4v) is 4.05. The van der Waals surface area contributed by atoms with Gasteiger partial charge in [0, 0.05) is 43.4 Å². The van der Waals surface area contributed by atoms with Gasteiger partial charge in [-0.2, -0.15) is 13.2 Å². The Labute approximate surface area is 171 Å². The van der Waals surface area contributed by atoms with Gasteiger partial charge < -0.3 is 15.1 Å². The Morgan fingerprint density at radius 1 is 1.14 bits per heavy atom. The summed E-state index contributed by atoms with van der Waals surface area (Å²) in [5, 5.41) is 4.37. The minimum absolute atomic E-state index is 0.400. The van der Waals surface area contributed by atoms with Crippen LogP contribution in [0, 0.1) is 5.92 Å². The minimum atomic E-state index is -4.34. The number of hydrogen-bond donors (Lipinski definition) is 1. The van der Waals surface area contributed by atoms with Crippen LogP contribution in [0.3, 0.4) is 0 Å². The molecule has 29 heavy (non-hydrogen) atoms. The lowest BCUT2D eigenvalue weighted by Crippen LogP contribution is -2.39. The molecule has 0 radical (unpaired) electrons. The van der Waals surface area contributed by atoms with Gasteiger partial charge in [-0.15, -0.1) is 0 Å². The van der Waals surface area contributed by atoms with Crippen molar-refractivity contribution in [2.75, 3.05) is 50.7 Å². The number of nitrogens with one attached hydrogen (secondary N) is 1. The van der Waals surface area contributed by atoms with Gasteiger partial charge in [0.15, 0.2) is 0 Å². The van der Waals surface area contributed by atoms with Gasteiger partial charge in [0.25, 0.3) is 0 Å². The van der Waals surface area contributed by atoms with Crippen molar-refractivity contribution >= 4 is 16.6 Å². The monoisotopic (exact) mass is 408 g/mol. The maximum Gasteiger partial charge on any atom is 0.416 e. The third kappa shape index (κ3) is 5.60. The molecule has 2 heterocycles. The summed E-state index contributed by atoms with van der Waals surface area (Å²) in [6.07, 6.45) is -0.563. The fourth-order valence-electron chi connectivity index (χ4n) is 4.05. The first-order valence-electron chi connectivity index (χ1n) is 10.6. The molecule has 0 spiro atoms. The van der Waals surface area contributed by atoms with Crippen molar-refractivity contribution in [3.63, 3.8) is 0 Å². The molecular weight excluding hydrogens is 377 g/mol. The van der Waals surface area contributed by atoms with Crippen molar-refractivity contribution in [3.05, 3.63) is 36.0 Å². The van der Waals surface area contributed by atoms with E-state index in [1.54, 1.807) is 12.3 Å². The Kier molecular flexibility index (Phi) is 7.35. The number of benzene rings is 1. The number of hydrogen-bond acceptors (Lipinski definition) is 4. The van der Waals surface area contributed by atoms with Crippen LogP contribution < -0.4 is 10.2 Å². The molecule has 1 saturated heterocycles. The summed E-state index contributed by atoms with van der Waals surface area (Å²) in [6.45, 7) is 11.5. The molecule has 1 aromatic carbocycles. The molecule has 3 rings (SSSR count). The zero-order valence-electron chi connectivity index (χ0n) is 17.3. The smallest absolute Gasteiger partial charge is 0.371 e. The SMILES string of the molecule is CCN(CC)CCNCC1CCN(c2ccnc3cc(C(F)(F)F)ccc23)CC1. The lowest BCUT2D eigenvalue weighted by molar-refractivity contribution is -0.137. The van der Waals surface area contributed by atoms with E-state index in [1.165, 1.54) is 0 Å². The molecule has 0 unspecified atom stereocenters. The fraction of sp³-hybridized carbons (Fsp3) is 0.591. The number of likely N-dealkylation sites (N-methyl/N-ethyl adjacent to an activating group) is 1. The number of halogens is 3. The van der Waals surface area contributed by atoms with E-state index in [0.29, 0.717) is 11.4 Å². The number of rotatable bonds is 8. The van der Waals surface area contributed by atoms with E-state index in [4.69, 9.17) is 0 Å². The molecule has 1 aliphatic rings. The highest BCUT2D eigenvalue weighted by molar-refractivity contribution is 5.92. The second-order valence-corrected chi connectivity index (χ2v) is 7.72.